The number of amides is 1. The molecule has 1 aliphatic rings. The van der Waals surface area contributed by atoms with Gasteiger partial charge in [0.15, 0.2) is 0 Å². The lowest BCUT2D eigenvalue weighted by atomic mass is 9.96. The van der Waals surface area contributed by atoms with Crippen molar-refractivity contribution >= 4 is 23.7 Å². The molecular weight excluding hydrogens is 562 g/mol. The van der Waals surface area contributed by atoms with E-state index in [9.17, 15) is 9.59 Å². The van der Waals surface area contributed by atoms with E-state index in [1.807, 2.05) is 52.8 Å². The number of carbonyl (C=O) groups is 2. The lowest BCUT2D eigenvalue weighted by Crippen LogP contribution is -2.40. The second kappa shape index (κ2) is 13.5. The first-order valence-corrected chi connectivity index (χ1v) is 14.6. The highest BCUT2D eigenvalue weighted by Crippen LogP contribution is 2.42. The van der Waals surface area contributed by atoms with E-state index in [2.05, 4.69) is 10.1 Å². The van der Waals surface area contributed by atoms with Crippen LogP contribution in [0, 0.1) is 0 Å². The van der Waals surface area contributed by atoms with Crippen molar-refractivity contribution in [2.45, 2.75) is 78.6 Å². The number of nitrogens with zero attached hydrogens (tertiary/aromatic N) is 3. The number of ether oxygens (including phenoxy) is 4. The van der Waals surface area contributed by atoms with Crippen molar-refractivity contribution in [3.8, 4) is 34.3 Å². The molecule has 1 aliphatic heterocycles. The Bertz CT molecular complexity index is 1400. The van der Waals surface area contributed by atoms with Crippen molar-refractivity contribution < 1.29 is 33.1 Å². The van der Waals surface area contributed by atoms with E-state index in [0.29, 0.717) is 59.5 Å². The molecule has 3 aromatic rings. The van der Waals surface area contributed by atoms with Crippen LogP contribution in [-0.4, -0.2) is 58.6 Å². The summed E-state index contributed by atoms with van der Waals surface area (Å²) in [6.45, 7) is 12.0. The molecule has 0 spiro atoms. The second-order valence-corrected chi connectivity index (χ2v) is 11.6. The molecule has 2 aromatic carbocycles. The molecule has 226 valence electrons. The van der Waals surface area contributed by atoms with Gasteiger partial charge in [0.1, 0.15) is 23.7 Å². The summed E-state index contributed by atoms with van der Waals surface area (Å²) in [4.78, 5) is 31.7. The molecule has 11 heteroatoms. The van der Waals surface area contributed by atoms with E-state index in [-0.39, 0.29) is 31.0 Å². The largest absolute Gasteiger partial charge is 0.491 e. The molecule has 1 atom stereocenters. The monoisotopic (exact) mass is 599 g/mol. The number of para-hydroxylation sites is 1. The van der Waals surface area contributed by atoms with Crippen molar-refractivity contribution in [1.82, 2.24) is 15.0 Å². The van der Waals surface area contributed by atoms with Gasteiger partial charge in [0.05, 0.1) is 35.9 Å². The molecule has 10 nitrogen and oxygen atoms in total. The van der Waals surface area contributed by atoms with Crippen LogP contribution in [0.25, 0.3) is 22.8 Å². The molecule has 0 bridgehead atoms. The van der Waals surface area contributed by atoms with Crippen LogP contribution in [0.5, 0.6) is 11.5 Å². The Hall–Kier alpha value is -3.79. The minimum Gasteiger partial charge on any atom is -0.491 e. The van der Waals surface area contributed by atoms with Crippen LogP contribution in [-0.2, 0) is 14.3 Å². The molecular formula is C31H38ClN3O7. The van der Waals surface area contributed by atoms with Crippen molar-refractivity contribution in [1.29, 1.82) is 0 Å². The number of fused-ring (bicyclic) bond motifs is 1. The molecule has 0 saturated carbocycles. The van der Waals surface area contributed by atoms with E-state index >= 15 is 0 Å². The molecule has 0 N–H and O–H groups in total. The lowest BCUT2D eigenvalue weighted by Gasteiger charge is -2.32. The Balaban J connectivity index is 1.66. The van der Waals surface area contributed by atoms with Gasteiger partial charge in [-0.05, 0) is 78.6 Å². The smallest absolute Gasteiger partial charge is 0.410 e. The van der Waals surface area contributed by atoms with E-state index < -0.39 is 17.7 Å². The molecule has 1 amide bonds. The fraction of sp³-hybridized carbons (Fsp3) is 0.484. The summed E-state index contributed by atoms with van der Waals surface area (Å²) >= 11 is 6.43. The summed E-state index contributed by atoms with van der Waals surface area (Å²) in [7, 11) is 0. The van der Waals surface area contributed by atoms with Crippen LogP contribution in [0.1, 0.15) is 72.4 Å². The number of hydrogen-bond donors (Lipinski definition) is 0. The molecule has 0 fully saturated rings. The topological polar surface area (TPSA) is 113 Å². The first-order valence-electron chi connectivity index (χ1n) is 14.2. The average molecular weight is 600 g/mol. The maximum atomic E-state index is 13.3. The van der Waals surface area contributed by atoms with Crippen LogP contribution >= 0.6 is 11.6 Å². The van der Waals surface area contributed by atoms with E-state index in [1.54, 1.807) is 30.0 Å². The van der Waals surface area contributed by atoms with E-state index in [0.717, 1.165) is 5.56 Å². The standard InChI is InChI=1S/C31H38ClN3O7/c1-7-38-26(36)13-9-12-24-21-10-8-11-22(27(21)39-17-16-35(24)30(37)41-31(4,5)6)28-33-29(42-34-28)20-14-15-25(23(32)18-20)40-19(2)3/h8,10-11,14-15,18-19,24H,7,9,12-13,16-17H2,1-6H3. The highest BCUT2D eigenvalue weighted by Gasteiger charge is 2.34. The zero-order valence-electron chi connectivity index (χ0n) is 24.9. The molecule has 0 saturated heterocycles. The number of aromatic nitrogens is 2. The van der Waals surface area contributed by atoms with Gasteiger partial charge in [0.25, 0.3) is 5.89 Å². The summed E-state index contributed by atoms with van der Waals surface area (Å²) in [6, 6.07) is 10.5. The Kier molecular flexibility index (Phi) is 9.98. The van der Waals surface area contributed by atoms with Crippen molar-refractivity contribution in [3.63, 3.8) is 0 Å². The molecule has 1 aromatic heterocycles. The van der Waals surface area contributed by atoms with Crippen molar-refractivity contribution in [3.05, 3.63) is 47.0 Å². The number of halogens is 1. The molecule has 0 aliphatic carbocycles. The lowest BCUT2D eigenvalue weighted by molar-refractivity contribution is -0.143. The molecule has 2 heterocycles. The summed E-state index contributed by atoms with van der Waals surface area (Å²) in [5.74, 6) is 1.46. The summed E-state index contributed by atoms with van der Waals surface area (Å²) in [5, 5.41) is 4.66. The van der Waals surface area contributed by atoms with Crippen molar-refractivity contribution in [2.75, 3.05) is 19.8 Å². The Morgan fingerprint density at radius 1 is 1.19 bits per heavy atom. The van der Waals surface area contributed by atoms with Crippen LogP contribution in [0.4, 0.5) is 4.79 Å². The van der Waals surface area contributed by atoms with Gasteiger partial charge in [0, 0.05) is 17.5 Å². The van der Waals surface area contributed by atoms with Crippen LogP contribution in [0.2, 0.25) is 5.02 Å². The molecule has 0 radical (unpaired) electrons. The molecule has 1 unspecified atom stereocenters. The number of hydrogen-bond acceptors (Lipinski definition) is 9. The predicted molar refractivity (Wildman–Crippen MR) is 158 cm³/mol. The first-order chi connectivity index (χ1) is 20.0. The van der Waals surface area contributed by atoms with Gasteiger partial charge in [-0.25, -0.2) is 4.79 Å². The summed E-state index contributed by atoms with van der Waals surface area (Å²) < 4.78 is 28.4. The minimum atomic E-state index is -0.673. The first kappa shape index (κ1) is 31.2. The highest BCUT2D eigenvalue weighted by molar-refractivity contribution is 6.32. The predicted octanol–water partition coefficient (Wildman–Crippen LogP) is 7.25. The van der Waals surface area contributed by atoms with Crippen molar-refractivity contribution in [2.24, 2.45) is 0 Å². The van der Waals surface area contributed by atoms with Crippen LogP contribution in [0.15, 0.2) is 40.9 Å². The number of rotatable bonds is 9. The van der Waals surface area contributed by atoms with Gasteiger partial charge in [-0.1, -0.05) is 28.9 Å². The van der Waals surface area contributed by atoms with Gasteiger partial charge in [-0.15, -0.1) is 0 Å². The normalized spacial score (nSPS) is 15.0. The van der Waals surface area contributed by atoms with Crippen LogP contribution < -0.4 is 9.47 Å². The zero-order chi connectivity index (χ0) is 30.4. The van der Waals surface area contributed by atoms with Gasteiger partial charge < -0.3 is 23.5 Å². The fourth-order valence-corrected chi connectivity index (χ4v) is 4.91. The number of carbonyl (C=O) groups excluding carboxylic acids is 2. The highest BCUT2D eigenvalue weighted by atomic mass is 35.5. The molecule has 4 rings (SSSR count). The Morgan fingerprint density at radius 2 is 1.98 bits per heavy atom. The zero-order valence-corrected chi connectivity index (χ0v) is 25.7. The number of esters is 1. The van der Waals surface area contributed by atoms with Gasteiger partial charge in [-0.3, -0.25) is 9.69 Å². The van der Waals surface area contributed by atoms with Gasteiger partial charge in [-0.2, -0.15) is 4.98 Å². The summed E-state index contributed by atoms with van der Waals surface area (Å²) in [5.41, 5.74) is 1.36. The van der Waals surface area contributed by atoms with E-state index in [4.69, 9.17) is 35.1 Å². The third kappa shape index (κ3) is 7.73. The minimum absolute atomic E-state index is 0.0167. The Morgan fingerprint density at radius 3 is 2.67 bits per heavy atom. The maximum Gasteiger partial charge on any atom is 0.410 e. The van der Waals surface area contributed by atoms with Gasteiger partial charge >= 0.3 is 12.1 Å². The Labute approximate surface area is 251 Å². The van der Waals surface area contributed by atoms with Gasteiger partial charge in [0.2, 0.25) is 5.82 Å². The third-order valence-electron chi connectivity index (χ3n) is 6.36. The quantitative estimate of drug-likeness (QED) is 0.235. The number of benzene rings is 2. The van der Waals surface area contributed by atoms with Crippen LogP contribution in [0.3, 0.4) is 0 Å². The average Bonchev–Trinajstić information content (AvgIpc) is 3.32. The fourth-order valence-electron chi connectivity index (χ4n) is 4.68. The maximum absolute atomic E-state index is 13.3. The van der Waals surface area contributed by atoms with E-state index in [1.165, 1.54) is 0 Å². The molecule has 42 heavy (non-hydrogen) atoms. The third-order valence-corrected chi connectivity index (χ3v) is 6.65. The SMILES string of the molecule is CCOC(=O)CCCC1c2cccc(-c3noc(-c4ccc(OC(C)C)c(Cl)c4)n3)c2OCCN1C(=O)OC(C)(C)C. The second-order valence-electron chi connectivity index (χ2n) is 11.2. The summed E-state index contributed by atoms with van der Waals surface area (Å²) in [6.07, 6.45) is 0.778.